The van der Waals surface area contributed by atoms with E-state index in [2.05, 4.69) is 32.6 Å². The van der Waals surface area contributed by atoms with Crippen LogP contribution in [0.15, 0.2) is 33.5 Å². The van der Waals surface area contributed by atoms with E-state index in [0.29, 0.717) is 11.1 Å². The first kappa shape index (κ1) is 19.7. The Labute approximate surface area is 143 Å². The minimum atomic E-state index is -0.472. The fourth-order valence-electron chi connectivity index (χ4n) is 2.21. The van der Waals surface area contributed by atoms with Crippen LogP contribution in [0.1, 0.15) is 46.6 Å². The van der Waals surface area contributed by atoms with Gasteiger partial charge in [0.05, 0.1) is 5.56 Å². The molecule has 0 N–H and O–H groups in total. The molecule has 0 radical (unpaired) electrons. The number of ether oxygens (including phenoxy) is 1. The summed E-state index contributed by atoms with van der Waals surface area (Å²) >= 11 is 0. The molecule has 0 bridgehead atoms. The Kier molecular flexibility index (Phi) is 8.02. The van der Waals surface area contributed by atoms with E-state index in [-0.39, 0.29) is 6.61 Å². The lowest BCUT2D eigenvalue weighted by molar-refractivity contribution is -0.142. The van der Waals surface area contributed by atoms with Crippen molar-refractivity contribution in [1.82, 2.24) is 0 Å². The molecular formula is C19H27NO4. The Morgan fingerprint density at radius 3 is 2.29 bits per heavy atom. The first-order valence-electron chi connectivity index (χ1n) is 8.41. The average Bonchev–Trinajstić information content (AvgIpc) is 2.54. The highest BCUT2D eigenvalue weighted by Gasteiger charge is 2.09. The summed E-state index contributed by atoms with van der Waals surface area (Å²) in [6.45, 7) is 11.4. The Morgan fingerprint density at radius 2 is 1.75 bits per heavy atom. The molecule has 5 nitrogen and oxygen atoms in total. The van der Waals surface area contributed by atoms with Crippen molar-refractivity contribution in [2.75, 3.05) is 18.0 Å². The van der Waals surface area contributed by atoms with Crippen LogP contribution in [0.4, 0.5) is 5.69 Å². The van der Waals surface area contributed by atoms with E-state index in [9.17, 15) is 9.59 Å². The molecule has 0 amide bonds. The summed E-state index contributed by atoms with van der Waals surface area (Å²) in [5.74, 6) is -0.425. The zero-order chi connectivity index (χ0) is 18.1. The van der Waals surface area contributed by atoms with Gasteiger partial charge in [-0.15, -0.1) is 0 Å². The van der Waals surface area contributed by atoms with Gasteiger partial charge in [-0.3, -0.25) is 4.79 Å². The molecule has 1 heterocycles. The number of nitrogens with zero attached hydrogens (tertiary/aromatic N) is 1. The fraction of sp³-hybridized carbons (Fsp3) is 0.474. The quantitative estimate of drug-likeness (QED) is 0.608. The van der Waals surface area contributed by atoms with E-state index in [0.717, 1.165) is 24.2 Å². The number of carbonyl (C=O) groups excluding carboxylic acids is 1. The maximum Gasteiger partial charge on any atom is 0.342 e. The first-order valence-corrected chi connectivity index (χ1v) is 8.41. The summed E-state index contributed by atoms with van der Waals surface area (Å²) in [5.41, 5.74) is 1.42. The third-order valence-corrected chi connectivity index (χ3v) is 3.35. The molecule has 0 spiro atoms. The Balaban J connectivity index is 0.000000891. The van der Waals surface area contributed by atoms with Gasteiger partial charge < -0.3 is 14.1 Å². The monoisotopic (exact) mass is 333 g/mol. The number of hydrogen-bond acceptors (Lipinski definition) is 5. The van der Waals surface area contributed by atoms with E-state index < -0.39 is 11.6 Å². The van der Waals surface area contributed by atoms with Gasteiger partial charge in [-0.05, 0) is 32.0 Å². The second-order valence-corrected chi connectivity index (χ2v) is 5.44. The van der Waals surface area contributed by atoms with E-state index in [4.69, 9.17) is 9.15 Å². The maximum absolute atomic E-state index is 11.9. The zero-order valence-electron chi connectivity index (χ0n) is 15.2. The molecule has 5 heteroatoms. The molecule has 0 aliphatic carbocycles. The van der Waals surface area contributed by atoms with Gasteiger partial charge in [0.15, 0.2) is 0 Å². The predicted octanol–water partition coefficient (Wildman–Crippen LogP) is 4.12. The van der Waals surface area contributed by atoms with Crippen molar-refractivity contribution in [2.24, 2.45) is 0 Å². The van der Waals surface area contributed by atoms with Crippen LogP contribution in [0.2, 0.25) is 0 Å². The highest BCUT2D eigenvalue weighted by atomic mass is 16.5. The molecule has 0 aliphatic rings. The van der Waals surface area contributed by atoms with Crippen LogP contribution < -0.4 is 10.5 Å². The Bertz CT molecular complexity index is 717. The molecule has 2 aromatic rings. The molecule has 0 saturated carbocycles. The number of fused-ring (bicyclic) bond motifs is 1. The van der Waals surface area contributed by atoms with Gasteiger partial charge >= 0.3 is 11.6 Å². The first-order chi connectivity index (χ1) is 11.5. The molecule has 2 rings (SSSR count). The molecule has 0 unspecified atom stereocenters. The zero-order valence-corrected chi connectivity index (χ0v) is 15.2. The normalized spacial score (nSPS) is 10.0. The van der Waals surface area contributed by atoms with Crippen LogP contribution in [0, 0.1) is 0 Å². The van der Waals surface area contributed by atoms with Crippen molar-refractivity contribution >= 4 is 22.6 Å². The van der Waals surface area contributed by atoms with Crippen molar-refractivity contribution in [2.45, 2.75) is 47.6 Å². The van der Waals surface area contributed by atoms with Crippen molar-refractivity contribution in [3.05, 3.63) is 40.2 Å². The van der Waals surface area contributed by atoms with Gasteiger partial charge in [0.2, 0.25) is 0 Å². The van der Waals surface area contributed by atoms with E-state index in [1.807, 2.05) is 18.2 Å². The van der Waals surface area contributed by atoms with Crippen molar-refractivity contribution in [3.8, 4) is 0 Å². The minimum absolute atomic E-state index is 0.0641. The molecule has 24 heavy (non-hydrogen) atoms. The summed E-state index contributed by atoms with van der Waals surface area (Å²) in [4.78, 5) is 24.9. The summed E-state index contributed by atoms with van der Waals surface area (Å²) in [7, 11) is 0. The van der Waals surface area contributed by atoms with Crippen LogP contribution in [0.5, 0.6) is 0 Å². The van der Waals surface area contributed by atoms with E-state index in [1.165, 1.54) is 13.3 Å². The standard InChI is InChI=1S/C16H19NO4.C3H8/c1-4-17(5-2)14-7-6-12-8-13(10-20-11(3)18)16(19)21-15(12)9-14;1-3-2/h6-9H,4-5,10H2,1-3H3;3H2,1-2H3. The van der Waals surface area contributed by atoms with Crippen LogP contribution in [-0.4, -0.2) is 19.1 Å². The molecule has 0 saturated heterocycles. The Morgan fingerprint density at radius 1 is 1.12 bits per heavy atom. The molecular weight excluding hydrogens is 306 g/mol. The van der Waals surface area contributed by atoms with Crippen molar-refractivity contribution in [1.29, 1.82) is 0 Å². The number of carbonyl (C=O) groups is 1. The number of anilines is 1. The summed E-state index contributed by atoms with van der Waals surface area (Å²) in [5, 5.41) is 0.813. The summed E-state index contributed by atoms with van der Waals surface area (Å²) in [6, 6.07) is 7.46. The summed E-state index contributed by atoms with van der Waals surface area (Å²) < 4.78 is 10.2. The van der Waals surface area contributed by atoms with Gasteiger partial charge in [-0.1, -0.05) is 20.3 Å². The lowest BCUT2D eigenvalue weighted by atomic mass is 10.1. The van der Waals surface area contributed by atoms with Gasteiger partial charge in [-0.2, -0.15) is 0 Å². The van der Waals surface area contributed by atoms with Crippen LogP contribution in [-0.2, 0) is 16.1 Å². The average molecular weight is 333 g/mol. The predicted molar refractivity (Wildman–Crippen MR) is 97.5 cm³/mol. The van der Waals surface area contributed by atoms with Crippen LogP contribution in [0.3, 0.4) is 0 Å². The lowest BCUT2D eigenvalue weighted by Crippen LogP contribution is -2.21. The largest absolute Gasteiger partial charge is 0.461 e. The van der Waals surface area contributed by atoms with E-state index >= 15 is 0 Å². The summed E-state index contributed by atoms with van der Waals surface area (Å²) in [6.07, 6.45) is 1.25. The number of esters is 1. The minimum Gasteiger partial charge on any atom is -0.461 e. The second-order valence-electron chi connectivity index (χ2n) is 5.44. The van der Waals surface area contributed by atoms with Gasteiger partial charge in [0, 0.05) is 37.2 Å². The van der Waals surface area contributed by atoms with Crippen molar-refractivity contribution in [3.63, 3.8) is 0 Å². The fourth-order valence-corrected chi connectivity index (χ4v) is 2.21. The van der Waals surface area contributed by atoms with Crippen LogP contribution in [0.25, 0.3) is 11.0 Å². The molecule has 0 aliphatic heterocycles. The molecule has 0 fully saturated rings. The lowest BCUT2D eigenvalue weighted by Gasteiger charge is -2.21. The molecule has 132 valence electrons. The molecule has 1 aromatic carbocycles. The molecule has 1 aromatic heterocycles. The third-order valence-electron chi connectivity index (χ3n) is 3.35. The number of benzene rings is 1. The maximum atomic E-state index is 11.9. The highest BCUT2D eigenvalue weighted by molar-refractivity contribution is 5.81. The third kappa shape index (κ3) is 5.41. The van der Waals surface area contributed by atoms with Crippen LogP contribution >= 0.6 is 0 Å². The SMILES string of the molecule is CCC.CCN(CC)c1ccc2cc(COC(C)=O)c(=O)oc2c1. The number of rotatable bonds is 5. The molecule has 0 atom stereocenters. The van der Waals surface area contributed by atoms with Gasteiger partial charge in [0.1, 0.15) is 12.2 Å². The second kappa shape index (κ2) is 9.75. The number of hydrogen-bond donors (Lipinski definition) is 0. The van der Waals surface area contributed by atoms with Gasteiger partial charge in [0.25, 0.3) is 0 Å². The topological polar surface area (TPSA) is 59.8 Å². The van der Waals surface area contributed by atoms with Crippen molar-refractivity contribution < 1.29 is 13.9 Å². The van der Waals surface area contributed by atoms with E-state index in [1.54, 1.807) is 6.07 Å². The van der Waals surface area contributed by atoms with Gasteiger partial charge in [-0.25, -0.2) is 4.79 Å². The smallest absolute Gasteiger partial charge is 0.342 e. The Hall–Kier alpha value is -2.30. The highest BCUT2D eigenvalue weighted by Crippen LogP contribution is 2.22.